The van der Waals surface area contributed by atoms with Crippen molar-refractivity contribution < 1.29 is 5.11 Å². The fourth-order valence-electron chi connectivity index (χ4n) is 3.27. The molecule has 6 nitrogen and oxygen atoms in total. The van der Waals surface area contributed by atoms with Gasteiger partial charge in [-0.3, -0.25) is 9.88 Å². The van der Waals surface area contributed by atoms with Crippen LogP contribution >= 0.6 is 0 Å². The Morgan fingerprint density at radius 3 is 2.64 bits per heavy atom. The fraction of sp³-hybridized carbons (Fsp3) is 0.526. The van der Waals surface area contributed by atoms with Crippen molar-refractivity contribution in [2.45, 2.75) is 39.3 Å². The quantitative estimate of drug-likeness (QED) is 0.897. The molecular formula is C19H27N5O. The molecule has 0 spiro atoms. The molecule has 134 valence electrons. The van der Waals surface area contributed by atoms with E-state index in [9.17, 15) is 5.11 Å². The van der Waals surface area contributed by atoms with E-state index in [-0.39, 0.29) is 6.10 Å². The smallest absolute Gasteiger partial charge is 0.161 e. The summed E-state index contributed by atoms with van der Waals surface area (Å²) in [4.78, 5) is 18.2. The van der Waals surface area contributed by atoms with E-state index in [1.165, 1.54) is 0 Å². The summed E-state index contributed by atoms with van der Waals surface area (Å²) < 4.78 is 0. The third kappa shape index (κ3) is 4.32. The Hall–Kier alpha value is -2.05. The van der Waals surface area contributed by atoms with Gasteiger partial charge in [-0.2, -0.15) is 0 Å². The van der Waals surface area contributed by atoms with Crippen molar-refractivity contribution in [3.63, 3.8) is 0 Å². The third-order valence-electron chi connectivity index (χ3n) is 4.65. The normalized spacial score (nSPS) is 19.8. The van der Waals surface area contributed by atoms with Crippen molar-refractivity contribution in [1.29, 1.82) is 0 Å². The number of aliphatic hydroxyl groups is 1. The fourth-order valence-corrected chi connectivity index (χ4v) is 3.27. The lowest BCUT2D eigenvalue weighted by molar-refractivity contribution is 0.0959. The van der Waals surface area contributed by atoms with Gasteiger partial charge in [-0.15, -0.1) is 0 Å². The first-order chi connectivity index (χ1) is 12.1. The zero-order chi connectivity index (χ0) is 17.8. The van der Waals surface area contributed by atoms with Crippen molar-refractivity contribution in [3.05, 3.63) is 36.3 Å². The van der Waals surface area contributed by atoms with Gasteiger partial charge in [0.15, 0.2) is 5.82 Å². The molecule has 25 heavy (non-hydrogen) atoms. The van der Waals surface area contributed by atoms with Crippen molar-refractivity contribution >= 4 is 5.82 Å². The van der Waals surface area contributed by atoms with Crippen LogP contribution in [-0.2, 0) is 6.42 Å². The van der Waals surface area contributed by atoms with E-state index >= 15 is 0 Å². The van der Waals surface area contributed by atoms with Crippen LogP contribution < -0.4 is 4.90 Å². The largest absolute Gasteiger partial charge is 0.392 e. The zero-order valence-electron chi connectivity index (χ0n) is 15.3. The summed E-state index contributed by atoms with van der Waals surface area (Å²) in [7, 11) is 0. The van der Waals surface area contributed by atoms with Crippen LogP contribution in [0.4, 0.5) is 5.82 Å². The van der Waals surface area contributed by atoms with E-state index in [4.69, 9.17) is 4.98 Å². The molecule has 2 atom stereocenters. The Morgan fingerprint density at radius 1 is 1.24 bits per heavy atom. The molecule has 0 saturated carbocycles. The Bertz CT molecular complexity index is 691. The number of nitrogens with zero attached hydrogens (tertiary/aromatic N) is 5. The number of hydrogen-bond donors (Lipinski definition) is 1. The summed E-state index contributed by atoms with van der Waals surface area (Å²) in [5.41, 5.74) is 2.04. The second kappa shape index (κ2) is 7.89. The van der Waals surface area contributed by atoms with Crippen molar-refractivity contribution in [3.8, 4) is 11.4 Å². The molecule has 0 bridgehead atoms. The Labute approximate surface area is 149 Å². The van der Waals surface area contributed by atoms with Gasteiger partial charge in [0, 0.05) is 61.9 Å². The van der Waals surface area contributed by atoms with Gasteiger partial charge in [-0.25, -0.2) is 9.97 Å². The topological polar surface area (TPSA) is 65.4 Å². The highest BCUT2D eigenvalue weighted by Gasteiger charge is 2.25. The lowest BCUT2D eigenvalue weighted by Crippen LogP contribution is -2.53. The number of anilines is 1. The van der Waals surface area contributed by atoms with Crippen LogP contribution in [-0.4, -0.2) is 63.3 Å². The first kappa shape index (κ1) is 17.8. The molecule has 1 N–H and O–H groups in total. The number of aromatic nitrogens is 3. The van der Waals surface area contributed by atoms with Gasteiger partial charge >= 0.3 is 0 Å². The summed E-state index contributed by atoms with van der Waals surface area (Å²) in [6.07, 6.45) is 4.13. The SMILES string of the molecule is CCc1cc(N2CCN(CC(C)O)C(C)C2)nc(-c2ccncc2)n1. The number of hydrogen-bond acceptors (Lipinski definition) is 6. The average molecular weight is 341 g/mol. The van der Waals surface area contributed by atoms with E-state index in [2.05, 4.69) is 39.7 Å². The Kier molecular flexibility index (Phi) is 5.60. The number of aryl methyl sites for hydroxylation is 1. The lowest BCUT2D eigenvalue weighted by atomic mass is 10.1. The Morgan fingerprint density at radius 2 is 2.00 bits per heavy atom. The maximum Gasteiger partial charge on any atom is 0.161 e. The molecule has 3 rings (SSSR count). The number of rotatable bonds is 5. The number of β-amino-alcohol motifs (C(OH)–C–C–N with tert-alkyl or cyclic N) is 1. The lowest BCUT2D eigenvalue weighted by Gasteiger charge is -2.41. The van der Waals surface area contributed by atoms with Gasteiger partial charge in [0.05, 0.1) is 6.10 Å². The molecule has 1 fully saturated rings. The second-order valence-corrected chi connectivity index (χ2v) is 6.77. The molecule has 0 aliphatic carbocycles. The van der Waals surface area contributed by atoms with Crippen LogP contribution in [0.15, 0.2) is 30.6 Å². The van der Waals surface area contributed by atoms with E-state index in [0.29, 0.717) is 6.04 Å². The molecule has 1 aliphatic heterocycles. The highest BCUT2D eigenvalue weighted by atomic mass is 16.3. The van der Waals surface area contributed by atoms with Crippen LogP contribution in [0.5, 0.6) is 0 Å². The highest BCUT2D eigenvalue weighted by Crippen LogP contribution is 2.22. The van der Waals surface area contributed by atoms with Gasteiger partial charge < -0.3 is 10.0 Å². The van der Waals surface area contributed by atoms with Crippen LogP contribution in [0.3, 0.4) is 0 Å². The summed E-state index contributed by atoms with van der Waals surface area (Å²) in [5.74, 6) is 1.75. The first-order valence-corrected chi connectivity index (χ1v) is 9.02. The molecular weight excluding hydrogens is 314 g/mol. The second-order valence-electron chi connectivity index (χ2n) is 6.77. The maximum absolute atomic E-state index is 9.66. The van der Waals surface area contributed by atoms with Crippen molar-refractivity contribution in [1.82, 2.24) is 19.9 Å². The minimum absolute atomic E-state index is 0.293. The predicted molar refractivity (Wildman–Crippen MR) is 99.6 cm³/mol. The molecule has 0 radical (unpaired) electrons. The van der Waals surface area contributed by atoms with Gasteiger partial charge in [0.2, 0.25) is 0 Å². The molecule has 2 aromatic rings. The van der Waals surface area contributed by atoms with Crippen molar-refractivity contribution in [2.75, 3.05) is 31.1 Å². The van der Waals surface area contributed by atoms with Gasteiger partial charge in [0.1, 0.15) is 5.82 Å². The van der Waals surface area contributed by atoms with Crippen LogP contribution in [0.2, 0.25) is 0 Å². The molecule has 2 unspecified atom stereocenters. The van der Waals surface area contributed by atoms with Crippen LogP contribution in [0, 0.1) is 0 Å². The standard InChI is InChI=1S/C19H27N5O/c1-4-17-11-18(22-19(21-17)16-5-7-20-8-6-16)24-10-9-23(13-15(3)25)14(2)12-24/h5-8,11,14-15,25H,4,9-10,12-13H2,1-3H3. The van der Waals surface area contributed by atoms with Gasteiger partial charge in [-0.1, -0.05) is 6.92 Å². The number of piperazine rings is 1. The van der Waals surface area contributed by atoms with Crippen LogP contribution in [0.1, 0.15) is 26.5 Å². The summed E-state index contributed by atoms with van der Waals surface area (Å²) in [6.45, 7) is 9.64. The third-order valence-corrected chi connectivity index (χ3v) is 4.65. The monoisotopic (exact) mass is 341 g/mol. The number of pyridine rings is 1. The molecule has 1 aliphatic rings. The zero-order valence-corrected chi connectivity index (χ0v) is 15.3. The number of aliphatic hydroxyl groups excluding tert-OH is 1. The minimum atomic E-state index is -0.293. The van der Waals surface area contributed by atoms with E-state index < -0.39 is 0 Å². The predicted octanol–water partition coefficient (Wildman–Crippen LogP) is 1.99. The molecule has 0 aromatic carbocycles. The highest BCUT2D eigenvalue weighted by molar-refractivity contribution is 5.57. The summed E-state index contributed by atoms with van der Waals surface area (Å²) >= 11 is 0. The summed E-state index contributed by atoms with van der Waals surface area (Å²) in [5, 5.41) is 9.66. The van der Waals surface area contributed by atoms with Crippen LogP contribution in [0.25, 0.3) is 11.4 Å². The molecule has 0 amide bonds. The first-order valence-electron chi connectivity index (χ1n) is 9.02. The average Bonchev–Trinajstić information content (AvgIpc) is 2.63. The van der Waals surface area contributed by atoms with E-state index in [0.717, 1.165) is 55.5 Å². The molecule has 6 heteroatoms. The van der Waals surface area contributed by atoms with E-state index in [1.807, 2.05) is 19.1 Å². The van der Waals surface area contributed by atoms with Crippen molar-refractivity contribution in [2.24, 2.45) is 0 Å². The maximum atomic E-state index is 9.66. The summed E-state index contributed by atoms with van der Waals surface area (Å²) in [6, 6.07) is 6.37. The van der Waals surface area contributed by atoms with Gasteiger partial charge in [-0.05, 0) is 32.4 Å². The Balaban J connectivity index is 1.83. The van der Waals surface area contributed by atoms with Gasteiger partial charge in [0.25, 0.3) is 0 Å². The minimum Gasteiger partial charge on any atom is -0.392 e. The molecule has 3 heterocycles. The molecule has 2 aromatic heterocycles. The molecule has 1 saturated heterocycles. The van der Waals surface area contributed by atoms with E-state index in [1.54, 1.807) is 12.4 Å².